The highest BCUT2D eigenvalue weighted by Gasteiger charge is 2.26. The number of nitrogens with two attached hydrogens (primary N) is 2. The van der Waals surface area contributed by atoms with Crippen LogP contribution in [0.15, 0.2) is 0 Å². The van der Waals surface area contributed by atoms with Crippen LogP contribution >= 0.6 is 0 Å². The van der Waals surface area contributed by atoms with Crippen molar-refractivity contribution in [3.8, 4) is 0 Å². The van der Waals surface area contributed by atoms with Crippen molar-refractivity contribution in [3.05, 3.63) is 0 Å². The van der Waals surface area contributed by atoms with Crippen molar-refractivity contribution in [2.75, 3.05) is 19.8 Å². The number of halogens is 1. The molecule has 8 heteroatoms. The summed E-state index contributed by atoms with van der Waals surface area (Å²) in [5.41, 5.74) is 9.47. The fourth-order valence-corrected chi connectivity index (χ4v) is 3.50. The molecule has 31 heavy (non-hydrogen) atoms. The van der Waals surface area contributed by atoms with Gasteiger partial charge in [0.05, 0.1) is 18.6 Å². The van der Waals surface area contributed by atoms with E-state index in [1.54, 1.807) is 0 Å². The zero-order valence-electron chi connectivity index (χ0n) is 19.8. The Kier molecular flexibility index (Phi) is 17.6. The smallest absolute Gasteiger partial charge is 0.309 e. The van der Waals surface area contributed by atoms with E-state index < -0.39 is 0 Å². The van der Waals surface area contributed by atoms with Gasteiger partial charge in [0, 0.05) is 19.6 Å². The van der Waals surface area contributed by atoms with E-state index in [0.717, 1.165) is 19.3 Å². The number of hydrogen-bond donors (Lipinski definition) is 2. The molecule has 2 rings (SSSR count). The van der Waals surface area contributed by atoms with Crippen LogP contribution in [0.5, 0.6) is 0 Å². The molecule has 2 aliphatic rings. The summed E-state index contributed by atoms with van der Waals surface area (Å²) in [5.74, 6) is -0.0487. The van der Waals surface area contributed by atoms with Gasteiger partial charge in [-0.1, -0.05) is 38.5 Å². The minimum absolute atomic E-state index is 0. The molecule has 2 fully saturated rings. The molecule has 0 spiro atoms. The van der Waals surface area contributed by atoms with Gasteiger partial charge in [0.2, 0.25) is 5.91 Å². The van der Waals surface area contributed by atoms with E-state index in [1.165, 1.54) is 51.4 Å². The maximum atomic E-state index is 11.6. The summed E-state index contributed by atoms with van der Waals surface area (Å²) < 4.78 is 21.4. The van der Waals surface area contributed by atoms with E-state index in [2.05, 4.69) is 4.94 Å². The van der Waals surface area contributed by atoms with E-state index in [1.807, 2.05) is 20.8 Å². The average Bonchev–Trinajstić information content (AvgIpc) is 2.73. The van der Waals surface area contributed by atoms with E-state index in [-0.39, 0.29) is 36.5 Å². The predicted molar refractivity (Wildman–Crippen MR) is 120 cm³/mol. The van der Waals surface area contributed by atoms with E-state index in [9.17, 15) is 14.1 Å². The first-order valence-electron chi connectivity index (χ1n) is 11.8. The quantitative estimate of drug-likeness (QED) is 0.421. The van der Waals surface area contributed by atoms with Gasteiger partial charge in [-0.05, 0) is 57.4 Å². The van der Waals surface area contributed by atoms with Gasteiger partial charge < -0.3 is 20.9 Å². The number of esters is 1. The zero-order valence-corrected chi connectivity index (χ0v) is 19.8. The summed E-state index contributed by atoms with van der Waals surface area (Å²) in [4.78, 5) is 25.1. The number of rotatable bonds is 8. The van der Waals surface area contributed by atoms with Crippen LogP contribution < -0.4 is 11.5 Å². The van der Waals surface area contributed by atoms with Crippen LogP contribution in [0.3, 0.4) is 0 Å². The molecule has 4 N–H and O–H groups in total. The Morgan fingerprint density at radius 2 is 1.48 bits per heavy atom. The summed E-state index contributed by atoms with van der Waals surface area (Å²) in [6.45, 7) is 6.71. The van der Waals surface area contributed by atoms with E-state index in [4.69, 9.17) is 20.9 Å². The first-order chi connectivity index (χ1) is 14.7. The summed E-state index contributed by atoms with van der Waals surface area (Å²) >= 11 is 0. The molecule has 0 aromatic heterocycles. The summed E-state index contributed by atoms with van der Waals surface area (Å²) in [5, 5.41) is 0. The van der Waals surface area contributed by atoms with Gasteiger partial charge in [0.25, 0.3) is 0 Å². The van der Waals surface area contributed by atoms with Crippen LogP contribution in [0.4, 0.5) is 4.53 Å². The van der Waals surface area contributed by atoms with Gasteiger partial charge in [-0.25, -0.2) is 0 Å². The van der Waals surface area contributed by atoms with Crippen molar-refractivity contribution in [1.82, 2.24) is 0 Å². The minimum Gasteiger partial charge on any atom is -0.460 e. The molecule has 0 aromatic carbocycles. The molecular formula is C23H45FN2O5. The van der Waals surface area contributed by atoms with Gasteiger partial charge in [-0.15, -0.1) is 0 Å². The van der Waals surface area contributed by atoms with E-state index >= 15 is 0 Å². The molecule has 0 aliphatic heterocycles. The lowest BCUT2D eigenvalue weighted by Crippen LogP contribution is -2.29. The van der Waals surface area contributed by atoms with E-state index in [0.29, 0.717) is 19.1 Å². The molecule has 7 nitrogen and oxygen atoms in total. The van der Waals surface area contributed by atoms with Crippen molar-refractivity contribution in [3.63, 3.8) is 0 Å². The maximum absolute atomic E-state index is 11.6. The van der Waals surface area contributed by atoms with Crippen LogP contribution in [0, 0.1) is 5.92 Å². The first kappa shape index (κ1) is 29.8. The normalized spacial score (nSPS) is 17.6. The molecule has 184 valence electrons. The SMILES string of the molecule is CC(C)(C)OC(=O)C1CCCCC1.NC(=O)CCCOC1CCCCC1.NCCOF. The molecule has 0 saturated heterocycles. The Morgan fingerprint density at radius 1 is 0.935 bits per heavy atom. The largest absolute Gasteiger partial charge is 0.460 e. The van der Waals surface area contributed by atoms with Crippen molar-refractivity contribution in [2.24, 2.45) is 17.4 Å². The first-order valence-corrected chi connectivity index (χ1v) is 11.8. The molecule has 0 aromatic rings. The molecule has 0 bridgehead atoms. The Balaban J connectivity index is 0.000000479. The van der Waals surface area contributed by atoms with Crippen molar-refractivity contribution < 1.29 is 28.5 Å². The lowest BCUT2D eigenvalue weighted by atomic mass is 9.89. The predicted octanol–water partition coefficient (Wildman–Crippen LogP) is 4.36. The van der Waals surface area contributed by atoms with Crippen LogP contribution in [-0.2, 0) is 24.0 Å². The second-order valence-corrected chi connectivity index (χ2v) is 9.17. The Bertz CT molecular complexity index is 457. The van der Waals surface area contributed by atoms with Gasteiger partial charge in [0.15, 0.2) is 0 Å². The standard InChI is InChI=1S/C11H20O2.C10H19NO2.C2H6FNO/c1-11(2,3)13-10(12)9-7-5-4-6-8-9;11-10(12)7-4-8-13-9-5-2-1-3-6-9;3-5-2-1-4/h9H,4-8H2,1-3H3;9H,1-8H2,(H2,11,12);1-2,4H2. The molecule has 2 saturated carbocycles. The van der Waals surface area contributed by atoms with Crippen LogP contribution in [0.2, 0.25) is 0 Å². The van der Waals surface area contributed by atoms with Crippen molar-refractivity contribution in [2.45, 2.75) is 110 Å². The summed E-state index contributed by atoms with van der Waals surface area (Å²) in [6.07, 6.45) is 13.7. The van der Waals surface area contributed by atoms with Crippen LogP contribution in [0.1, 0.15) is 97.8 Å². The molecule has 0 radical (unpaired) electrons. The molecule has 1 amide bonds. The highest BCUT2D eigenvalue weighted by molar-refractivity contribution is 5.73. The van der Waals surface area contributed by atoms with Gasteiger partial charge in [-0.3, -0.25) is 9.59 Å². The highest BCUT2D eigenvalue weighted by Crippen LogP contribution is 2.26. The Labute approximate surface area is 187 Å². The van der Waals surface area contributed by atoms with Gasteiger partial charge in [-0.2, -0.15) is 4.94 Å². The maximum Gasteiger partial charge on any atom is 0.309 e. The second-order valence-electron chi connectivity index (χ2n) is 9.17. The number of hydrogen-bond acceptors (Lipinski definition) is 6. The number of primary amides is 1. The highest BCUT2D eigenvalue weighted by atomic mass is 19.3. The molecule has 0 atom stereocenters. The van der Waals surface area contributed by atoms with Crippen molar-refractivity contribution >= 4 is 11.9 Å². The molecule has 2 aliphatic carbocycles. The summed E-state index contributed by atoms with van der Waals surface area (Å²) in [6, 6.07) is 0. The fourth-order valence-electron chi connectivity index (χ4n) is 3.50. The lowest BCUT2D eigenvalue weighted by Gasteiger charge is -2.25. The van der Waals surface area contributed by atoms with Crippen molar-refractivity contribution in [1.29, 1.82) is 0 Å². The number of amides is 1. The number of carbonyl (C=O) groups is 2. The molecular weight excluding hydrogens is 403 g/mol. The zero-order chi connectivity index (χ0) is 23.5. The lowest BCUT2D eigenvalue weighted by molar-refractivity contribution is -0.161. The third kappa shape index (κ3) is 19.2. The minimum atomic E-state index is -0.325. The Hall–Kier alpha value is -1.25. The Morgan fingerprint density at radius 3 is 1.90 bits per heavy atom. The third-order valence-electron chi connectivity index (χ3n) is 5.01. The van der Waals surface area contributed by atoms with Gasteiger partial charge in [0.1, 0.15) is 5.60 Å². The van der Waals surface area contributed by atoms with Crippen LogP contribution in [0.25, 0.3) is 0 Å². The van der Waals surface area contributed by atoms with Gasteiger partial charge >= 0.3 is 5.97 Å². The number of carbonyl (C=O) groups excluding carboxylic acids is 2. The average molecular weight is 449 g/mol. The molecule has 0 unspecified atom stereocenters. The monoisotopic (exact) mass is 448 g/mol. The third-order valence-corrected chi connectivity index (χ3v) is 5.01. The number of ether oxygens (including phenoxy) is 2. The summed E-state index contributed by atoms with van der Waals surface area (Å²) in [7, 11) is 0. The molecule has 0 heterocycles. The fraction of sp³-hybridized carbons (Fsp3) is 0.913. The second kappa shape index (κ2) is 18.3. The topological polar surface area (TPSA) is 114 Å². The van der Waals surface area contributed by atoms with Crippen LogP contribution in [-0.4, -0.2) is 43.3 Å².